The van der Waals surface area contributed by atoms with Crippen LogP contribution in [0.4, 0.5) is 0 Å². The summed E-state index contributed by atoms with van der Waals surface area (Å²) in [5.41, 5.74) is -1.25. The van der Waals surface area contributed by atoms with Gasteiger partial charge in [-0.1, -0.05) is 144 Å². The fraction of sp³-hybridized carbons (Fsp3) is 1.00. The highest BCUT2D eigenvalue weighted by molar-refractivity contribution is 7.81. The van der Waals surface area contributed by atoms with Crippen molar-refractivity contribution in [3.63, 3.8) is 0 Å². The molecule has 0 rings (SSSR count). The van der Waals surface area contributed by atoms with Gasteiger partial charge >= 0.3 is 10.4 Å². The molecule has 0 aromatic carbocycles. The molecule has 0 aromatic rings. The van der Waals surface area contributed by atoms with E-state index in [9.17, 15) is 8.42 Å². The van der Waals surface area contributed by atoms with Gasteiger partial charge in [0.25, 0.3) is 0 Å². The maximum atomic E-state index is 13.7. The molecular weight excluding hydrogens is 456 g/mol. The van der Waals surface area contributed by atoms with E-state index in [2.05, 4.69) is 41.5 Å². The lowest BCUT2D eigenvalue weighted by Crippen LogP contribution is -2.41. The Bertz CT molecular complexity index is 509. The third-order valence-electron chi connectivity index (χ3n) is 7.47. The first-order valence-electron chi connectivity index (χ1n) is 15.4. The molecule has 0 saturated carbocycles. The van der Waals surface area contributed by atoms with Crippen LogP contribution < -0.4 is 0 Å². The second-order valence-corrected chi connectivity index (χ2v) is 12.1. The van der Waals surface area contributed by atoms with Gasteiger partial charge < -0.3 is 0 Å². The highest BCUT2D eigenvalue weighted by atomic mass is 32.3. The van der Waals surface area contributed by atoms with E-state index in [0.717, 1.165) is 141 Å². The summed E-state index contributed by atoms with van der Waals surface area (Å²) < 4.78 is 39.8. The van der Waals surface area contributed by atoms with Crippen LogP contribution in [0.25, 0.3) is 0 Å². The molecule has 0 fully saturated rings. The Morgan fingerprint density at radius 3 is 0.857 bits per heavy atom. The molecule has 212 valence electrons. The van der Waals surface area contributed by atoms with Crippen molar-refractivity contribution in [2.24, 2.45) is 0 Å². The molecule has 0 aliphatic rings. The maximum Gasteiger partial charge on any atom is 0.400 e. The second kappa shape index (κ2) is 20.9. The van der Waals surface area contributed by atoms with Crippen molar-refractivity contribution in [2.45, 2.75) is 194 Å². The standard InChI is InChI=1S/C30H62O4S/c1-7-13-19-25-29(23-17-11-5,26-20-14-8-2)33-35(31,32)34-30(24-18-12-6,27-21-15-9-3)28-22-16-10-4/h7-28H2,1-6H3. The fourth-order valence-electron chi connectivity index (χ4n) is 5.24. The average molecular weight is 519 g/mol. The third-order valence-corrected chi connectivity index (χ3v) is 8.59. The van der Waals surface area contributed by atoms with Crippen LogP contribution in [-0.2, 0) is 18.8 Å². The minimum atomic E-state index is -4.11. The molecule has 0 amide bonds. The van der Waals surface area contributed by atoms with Crippen molar-refractivity contribution >= 4 is 10.4 Å². The van der Waals surface area contributed by atoms with Gasteiger partial charge in [0.05, 0.1) is 11.2 Å². The molecule has 0 aromatic heterocycles. The van der Waals surface area contributed by atoms with Crippen LogP contribution in [0.2, 0.25) is 0 Å². The monoisotopic (exact) mass is 518 g/mol. The number of hydrogen-bond donors (Lipinski definition) is 0. The third kappa shape index (κ3) is 16.4. The zero-order chi connectivity index (χ0) is 26.5. The van der Waals surface area contributed by atoms with Crippen LogP contribution in [0.15, 0.2) is 0 Å². The predicted octanol–water partition coefficient (Wildman–Crippen LogP) is 10.4. The van der Waals surface area contributed by atoms with Crippen LogP contribution in [0.3, 0.4) is 0 Å². The van der Waals surface area contributed by atoms with E-state index in [1.807, 2.05) is 0 Å². The van der Waals surface area contributed by atoms with E-state index >= 15 is 0 Å². The van der Waals surface area contributed by atoms with Crippen LogP contribution >= 0.6 is 0 Å². The van der Waals surface area contributed by atoms with E-state index in [1.165, 1.54) is 0 Å². The molecule has 0 saturated heterocycles. The quantitative estimate of drug-likeness (QED) is 0.107. The topological polar surface area (TPSA) is 52.6 Å². The predicted molar refractivity (Wildman–Crippen MR) is 152 cm³/mol. The van der Waals surface area contributed by atoms with Crippen molar-refractivity contribution in [3.8, 4) is 0 Å². The summed E-state index contributed by atoms with van der Waals surface area (Å²) in [6.45, 7) is 13.1. The van der Waals surface area contributed by atoms with Crippen molar-refractivity contribution in [2.75, 3.05) is 0 Å². The van der Waals surface area contributed by atoms with Gasteiger partial charge in [-0.15, -0.1) is 0 Å². The molecule has 0 aliphatic carbocycles. The van der Waals surface area contributed by atoms with Crippen molar-refractivity contribution in [3.05, 3.63) is 0 Å². The molecule has 0 bridgehead atoms. The van der Waals surface area contributed by atoms with Crippen molar-refractivity contribution in [1.29, 1.82) is 0 Å². The molecule has 0 N–H and O–H groups in total. The highest BCUT2D eigenvalue weighted by Crippen LogP contribution is 2.38. The fourth-order valence-corrected chi connectivity index (χ4v) is 6.64. The number of rotatable bonds is 26. The van der Waals surface area contributed by atoms with E-state index in [0.29, 0.717) is 0 Å². The Labute approximate surface area is 221 Å². The molecule has 35 heavy (non-hydrogen) atoms. The minimum absolute atomic E-state index is 0.623. The van der Waals surface area contributed by atoms with Gasteiger partial charge in [-0.3, -0.25) is 0 Å². The SMILES string of the molecule is CCCCCC(CCCC)(CCCCC)OS(=O)(=O)OC(CCCC)(CCCCC)CCCCC. The van der Waals surface area contributed by atoms with E-state index in [4.69, 9.17) is 8.37 Å². The first-order chi connectivity index (χ1) is 16.8. The van der Waals surface area contributed by atoms with Crippen LogP contribution in [-0.4, -0.2) is 19.6 Å². The molecular formula is C30H62O4S. The van der Waals surface area contributed by atoms with Gasteiger partial charge in [0.2, 0.25) is 0 Å². The Balaban J connectivity index is 5.94. The Hall–Kier alpha value is -0.130. The van der Waals surface area contributed by atoms with Crippen LogP contribution in [0, 0.1) is 0 Å². The summed E-state index contributed by atoms with van der Waals surface area (Å²) in [6, 6.07) is 0. The zero-order valence-electron chi connectivity index (χ0n) is 24.6. The molecule has 0 atom stereocenters. The first kappa shape index (κ1) is 34.9. The normalized spacial score (nSPS) is 13.0. The van der Waals surface area contributed by atoms with Gasteiger partial charge in [-0.25, -0.2) is 8.37 Å². The van der Waals surface area contributed by atoms with Crippen LogP contribution in [0.1, 0.15) is 183 Å². The molecule has 0 aliphatic heterocycles. The number of unbranched alkanes of at least 4 members (excludes halogenated alkanes) is 10. The summed E-state index contributed by atoms with van der Waals surface area (Å²) in [5.74, 6) is 0. The summed E-state index contributed by atoms with van der Waals surface area (Å²) in [5, 5.41) is 0. The van der Waals surface area contributed by atoms with E-state index in [-0.39, 0.29) is 0 Å². The molecule has 0 spiro atoms. The lowest BCUT2D eigenvalue weighted by molar-refractivity contribution is -0.0201. The lowest BCUT2D eigenvalue weighted by atomic mass is 9.85. The summed E-state index contributed by atoms with van der Waals surface area (Å²) in [6.07, 6.45) is 21.9. The van der Waals surface area contributed by atoms with Gasteiger partial charge in [0.1, 0.15) is 0 Å². The largest absolute Gasteiger partial charge is 0.400 e. The molecule has 0 heterocycles. The molecule has 5 heteroatoms. The minimum Gasteiger partial charge on any atom is -0.242 e. The highest BCUT2D eigenvalue weighted by Gasteiger charge is 2.41. The Kier molecular flexibility index (Phi) is 20.8. The Morgan fingerprint density at radius 2 is 0.629 bits per heavy atom. The van der Waals surface area contributed by atoms with Gasteiger partial charge in [-0.05, 0) is 38.5 Å². The Morgan fingerprint density at radius 1 is 0.400 bits per heavy atom. The maximum absolute atomic E-state index is 13.7. The molecule has 4 nitrogen and oxygen atoms in total. The smallest absolute Gasteiger partial charge is 0.242 e. The van der Waals surface area contributed by atoms with Gasteiger partial charge in [0, 0.05) is 0 Å². The second-order valence-electron chi connectivity index (χ2n) is 11.0. The average Bonchev–Trinajstić information content (AvgIpc) is 2.81. The number of hydrogen-bond acceptors (Lipinski definition) is 4. The summed E-state index contributed by atoms with van der Waals surface area (Å²) in [4.78, 5) is 0. The van der Waals surface area contributed by atoms with Gasteiger partial charge in [-0.2, -0.15) is 8.42 Å². The first-order valence-corrected chi connectivity index (χ1v) is 16.8. The molecule has 0 radical (unpaired) electrons. The molecule has 0 unspecified atom stereocenters. The van der Waals surface area contributed by atoms with Crippen molar-refractivity contribution in [1.82, 2.24) is 0 Å². The van der Waals surface area contributed by atoms with E-state index in [1.54, 1.807) is 0 Å². The zero-order valence-corrected chi connectivity index (χ0v) is 25.4. The lowest BCUT2D eigenvalue weighted by Gasteiger charge is -2.37. The van der Waals surface area contributed by atoms with Gasteiger partial charge in [0.15, 0.2) is 0 Å². The summed E-state index contributed by atoms with van der Waals surface area (Å²) in [7, 11) is -4.11. The van der Waals surface area contributed by atoms with Crippen molar-refractivity contribution < 1.29 is 16.8 Å². The summed E-state index contributed by atoms with van der Waals surface area (Å²) >= 11 is 0. The van der Waals surface area contributed by atoms with Crippen LogP contribution in [0.5, 0.6) is 0 Å². The van der Waals surface area contributed by atoms with E-state index < -0.39 is 21.6 Å².